The number of piperidine rings is 1. The third-order valence-corrected chi connectivity index (χ3v) is 6.86. The number of hydrogen-bond donors (Lipinski definition) is 4. The zero-order valence-electron chi connectivity index (χ0n) is 18.3. The molecule has 33 heavy (non-hydrogen) atoms. The van der Waals surface area contributed by atoms with Crippen LogP contribution in [0.1, 0.15) is 55.6 Å². The van der Waals surface area contributed by atoms with E-state index in [1.54, 1.807) is 6.20 Å². The number of fused-ring (bicyclic) bond motifs is 1. The van der Waals surface area contributed by atoms with E-state index in [9.17, 15) is 18.3 Å². The van der Waals surface area contributed by atoms with Gasteiger partial charge in [-0.05, 0) is 56.6 Å². The maximum atomic E-state index is 13.9. The number of aliphatic hydroxyl groups excluding tert-OH is 1. The van der Waals surface area contributed by atoms with Gasteiger partial charge in [0.25, 0.3) is 0 Å². The van der Waals surface area contributed by atoms with Crippen LogP contribution in [0.4, 0.5) is 19.1 Å². The minimum absolute atomic E-state index is 0.0829. The summed E-state index contributed by atoms with van der Waals surface area (Å²) in [6, 6.07) is 5.84. The van der Waals surface area contributed by atoms with Crippen molar-refractivity contribution in [3.05, 3.63) is 41.7 Å². The van der Waals surface area contributed by atoms with Gasteiger partial charge in [-0.3, -0.25) is 0 Å². The van der Waals surface area contributed by atoms with Crippen LogP contribution in [0.3, 0.4) is 0 Å². The van der Waals surface area contributed by atoms with Gasteiger partial charge in [0, 0.05) is 41.4 Å². The molecule has 1 aliphatic carbocycles. The summed E-state index contributed by atoms with van der Waals surface area (Å²) in [6.07, 6.45) is 2.78. The molecule has 1 aliphatic heterocycles. The van der Waals surface area contributed by atoms with Crippen molar-refractivity contribution in [3.63, 3.8) is 0 Å². The Hall–Kier alpha value is -2.65. The molecule has 6 nitrogen and oxygen atoms in total. The number of nitrogens with one attached hydrogen (secondary N) is 3. The van der Waals surface area contributed by atoms with Crippen molar-refractivity contribution in [2.75, 3.05) is 18.4 Å². The van der Waals surface area contributed by atoms with Crippen LogP contribution in [0.25, 0.3) is 22.2 Å². The predicted octanol–water partition coefficient (Wildman–Crippen LogP) is 4.83. The van der Waals surface area contributed by atoms with Gasteiger partial charge in [0.1, 0.15) is 5.56 Å². The second-order valence-corrected chi connectivity index (χ2v) is 9.12. The van der Waals surface area contributed by atoms with E-state index in [1.807, 2.05) is 18.2 Å². The normalized spacial score (nSPS) is 24.2. The molecule has 0 spiro atoms. The molecule has 1 atom stereocenters. The molecule has 4 N–H and O–H groups in total. The van der Waals surface area contributed by atoms with Crippen LogP contribution in [0.5, 0.6) is 0 Å². The van der Waals surface area contributed by atoms with Crippen molar-refractivity contribution in [2.24, 2.45) is 0 Å². The number of H-pyrrole nitrogens is 1. The summed E-state index contributed by atoms with van der Waals surface area (Å²) in [4.78, 5) is 11.6. The van der Waals surface area contributed by atoms with Gasteiger partial charge >= 0.3 is 6.18 Å². The lowest BCUT2D eigenvalue weighted by atomic mass is 9.82. The van der Waals surface area contributed by atoms with Crippen LogP contribution in [0.2, 0.25) is 0 Å². The number of alkyl halides is 3. The average molecular weight is 460 g/mol. The predicted molar refractivity (Wildman–Crippen MR) is 121 cm³/mol. The molecule has 2 fully saturated rings. The van der Waals surface area contributed by atoms with Crippen LogP contribution < -0.4 is 10.6 Å². The summed E-state index contributed by atoms with van der Waals surface area (Å²) in [5.41, 5.74) is 1.38. The van der Waals surface area contributed by atoms with Gasteiger partial charge in [0.2, 0.25) is 5.95 Å². The Labute approximate surface area is 190 Å². The zero-order valence-corrected chi connectivity index (χ0v) is 18.3. The second kappa shape index (κ2) is 8.95. The number of aliphatic hydroxyl groups is 1. The third-order valence-electron chi connectivity index (χ3n) is 6.86. The molecule has 1 saturated carbocycles. The maximum Gasteiger partial charge on any atom is 0.419 e. The molecule has 176 valence electrons. The van der Waals surface area contributed by atoms with Crippen molar-refractivity contribution >= 4 is 16.9 Å². The van der Waals surface area contributed by atoms with Crippen LogP contribution >= 0.6 is 0 Å². The summed E-state index contributed by atoms with van der Waals surface area (Å²) < 4.78 is 41.7. The van der Waals surface area contributed by atoms with Gasteiger partial charge in [-0.1, -0.05) is 18.2 Å². The Morgan fingerprint density at radius 3 is 2.64 bits per heavy atom. The molecule has 0 bridgehead atoms. The molecule has 0 unspecified atom stereocenters. The van der Waals surface area contributed by atoms with E-state index >= 15 is 0 Å². The Bertz CT molecular complexity index is 1110. The molecule has 2 aromatic heterocycles. The van der Waals surface area contributed by atoms with E-state index in [4.69, 9.17) is 0 Å². The third kappa shape index (κ3) is 4.56. The fourth-order valence-corrected chi connectivity index (χ4v) is 5.12. The molecule has 9 heteroatoms. The molecule has 2 aliphatic rings. The molecular formula is C24H28F3N5O. The molecule has 3 heterocycles. The summed E-state index contributed by atoms with van der Waals surface area (Å²) in [5, 5.41) is 17.0. The Balaban J connectivity index is 1.55. The van der Waals surface area contributed by atoms with E-state index in [0.29, 0.717) is 10.9 Å². The number of benzene rings is 1. The molecule has 0 amide bonds. The molecular weight excluding hydrogens is 431 g/mol. The monoisotopic (exact) mass is 459 g/mol. The van der Waals surface area contributed by atoms with Crippen molar-refractivity contribution in [1.29, 1.82) is 0 Å². The fourth-order valence-electron chi connectivity index (χ4n) is 5.12. The number of anilines is 1. The van der Waals surface area contributed by atoms with E-state index in [0.717, 1.165) is 68.9 Å². The van der Waals surface area contributed by atoms with Gasteiger partial charge in [-0.15, -0.1) is 0 Å². The first-order valence-corrected chi connectivity index (χ1v) is 11.6. The van der Waals surface area contributed by atoms with E-state index < -0.39 is 11.7 Å². The van der Waals surface area contributed by atoms with E-state index in [2.05, 4.69) is 25.6 Å². The molecule has 3 aromatic rings. The minimum Gasteiger partial charge on any atom is -0.393 e. The van der Waals surface area contributed by atoms with Crippen LogP contribution in [-0.2, 0) is 6.18 Å². The average Bonchev–Trinajstić information content (AvgIpc) is 3.24. The highest BCUT2D eigenvalue weighted by molar-refractivity contribution is 5.97. The first-order valence-electron chi connectivity index (χ1n) is 11.6. The largest absolute Gasteiger partial charge is 0.419 e. The summed E-state index contributed by atoms with van der Waals surface area (Å²) in [7, 11) is 0. The first-order chi connectivity index (χ1) is 15.9. The summed E-state index contributed by atoms with van der Waals surface area (Å²) in [6.45, 7) is 1.67. The second-order valence-electron chi connectivity index (χ2n) is 9.12. The van der Waals surface area contributed by atoms with Crippen molar-refractivity contribution in [3.8, 4) is 11.3 Å². The van der Waals surface area contributed by atoms with Crippen molar-refractivity contribution in [2.45, 2.75) is 62.8 Å². The first kappa shape index (κ1) is 22.2. The van der Waals surface area contributed by atoms with Crippen molar-refractivity contribution < 1.29 is 18.3 Å². The Morgan fingerprint density at radius 2 is 1.91 bits per heavy atom. The van der Waals surface area contributed by atoms with Crippen LogP contribution in [0, 0.1) is 0 Å². The van der Waals surface area contributed by atoms with Gasteiger partial charge in [0.05, 0.1) is 11.8 Å². The highest BCUT2D eigenvalue weighted by Gasteiger charge is 2.36. The lowest BCUT2D eigenvalue weighted by Gasteiger charge is -2.26. The SMILES string of the molecule is O[C@H]1CC[C@@H](c2cccc3c(-c4nc(N[C@H]5CCCNC5)ncc4C(F)(F)F)c[nH]c32)CC1. The number of aromatic amines is 1. The number of para-hydroxylation sites is 1. The minimum atomic E-state index is -4.57. The topological polar surface area (TPSA) is 85.9 Å². The van der Waals surface area contributed by atoms with Crippen molar-refractivity contribution in [1.82, 2.24) is 20.3 Å². The quantitative estimate of drug-likeness (QED) is 0.449. The highest BCUT2D eigenvalue weighted by atomic mass is 19.4. The standard InChI is InChI=1S/C24H28F3N5O/c25-24(26,27)20-13-30-23(31-15-3-2-10-28-11-15)32-22(20)19-12-29-21-17(4-1-5-18(19)21)14-6-8-16(33)9-7-14/h1,4-5,12-16,28-29,33H,2-3,6-11H2,(H,30,31,32)/t14-,15-,16+/m0/s1. The zero-order chi connectivity index (χ0) is 23.0. The smallest absolute Gasteiger partial charge is 0.393 e. The fraction of sp³-hybridized carbons (Fsp3) is 0.500. The maximum absolute atomic E-state index is 13.9. The van der Waals surface area contributed by atoms with Crippen LogP contribution in [-0.4, -0.2) is 45.3 Å². The number of rotatable bonds is 4. The van der Waals surface area contributed by atoms with Gasteiger partial charge < -0.3 is 20.7 Å². The Kier molecular flexibility index (Phi) is 6.01. The van der Waals surface area contributed by atoms with E-state index in [-0.39, 0.29) is 29.7 Å². The Morgan fingerprint density at radius 1 is 1.09 bits per heavy atom. The number of aromatic nitrogens is 3. The summed E-state index contributed by atoms with van der Waals surface area (Å²) in [5.74, 6) is 0.477. The molecule has 0 radical (unpaired) electrons. The number of nitrogens with zero attached hydrogens (tertiary/aromatic N) is 2. The lowest BCUT2D eigenvalue weighted by molar-refractivity contribution is -0.137. The highest BCUT2D eigenvalue weighted by Crippen LogP contribution is 2.41. The molecule has 1 saturated heterocycles. The molecule has 5 rings (SSSR count). The van der Waals surface area contributed by atoms with Gasteiger partial charge in [-0.25, -0.2) is 9.97 Å². The number of halogens is 3. The lowest BCUT2D eigenvalue weighted by Crippen LogP contribution is -2.38. The van der Waals surface area contributed by atoms with Gasteiger partial charge in [-0.2, -0.15) is 13.2 Å². The van der Waals surface area contributed by atoms with Crippen LogP contribution in [0.15, 0.2) is 30.6 Å². The summed E-state index contributed by atoms with van der Waals surface area (Å²) >= 11 is 0. The van der Waals surface area contributed by atoms with E-state index in [1.165, 1.54) is 0 Å². The molecule has 1 aromatic carbocycles. The number of hydrogen-bond acceptors (Lipinski definition) is 5. The van der Waals surface area contributed by atoms with Gasteiger partial charge in [0.15, 0.2) is 0 Å².